The molecule has 1 aromatic heterocycles. The molecular weight excluding hydrogens is 226 g/mol. The van der Waals surface area contributed by atoms with Crippen molar-refractivity contribution in [3.63, 3.8) is 0 Å². The molecular formula is C11H16ClN3O. The van der Waals surface area contributed by atoms with E-state index in [0.717, 1.165) is 19.7 Å². The number of hydrogen-bond acceptors (Lipinski definition) is 4. The smallest absolute Gasteiger partial charge is 0.152 e. The average Bonchev–Trinajstić information content (AvgIpc) is 2.33. The molecule has 0 saturated carbocycles. The van der Waals surface area contributed by atoms with Gasteiger partial charge in [0.25, 0.3) is 0 Å². The van der Waals surface area contributed by atoms with E-state index >= 15 is 0 Å². The molecule has 5 heteroatoms. The van der Waals surface area contributed by atoms with Gasteiger partial charge >= 0.3 is 0 Å². The second-order valence-corrected chi connectivity index (χ2v) is 4.38. The molecule has 4 nitrogen and oxygen atoms in total. The molecule has 1 atom stereocenters. The first-order valence-electron chi connectivity index (χ1n) is 5.60. The van der Waals surface area contributed by atoms with Gasteiger partial charge in [-0.1, -0.05) is 11.6 Å². The summed E-state index contributed by atoms with van der Waals surface area (Å²) in [6.07, 6.45) is 5.69. The fourth-order valence-corrected chi connectivity index (χ4v) is 1.99. The molecule has 2 rings (SSSR count). The van der Waals surface area contributed by atoms with Crippen LogP contribution in [0, 0.1) is 5.92 Å². The number of nitrogens with zero attached hydrogens (tertiary/aromatic N) is 2. The van der Waals surface area contributed by atoms with E-state index in [4.69, 9.17) is 16.3 Å². The summed E-state index contributed by atoms with van der Waals surface area (Å²) in [7, 11) is 0. The Morgan fingerprint density at radius 2 is 2.31 bits per heavy atom. The molecule has 0 aromatic carbocycles. The van der Waals surface area contributed by atoms with Gasteiger partial charge in [-0.3, -0.25) is 4.98 Å². The molecule has 2 heterocycles. The third kappa shape index (κ3) is 3.40. The van der Waals surface area contributed by atoms with Crippen LogP contribution in [0.4, 0.5) is 0 Å². The predicted molar refractivity (Wildman–Crippen MR) is 62.3 cm³/mol. The second kappa shape index (κ2) is 6.13. The minimum atomic E-state index is 0.435. The average molecular weight is 242 g/mol. The largest absolute Gasteiger partial charge is 0.375 e. The number of ether oxygens (including phenoxy) is 1. The normalized spacial score (nSPS) is 20.9. The highest BCUT2D eigenvalue weighted by molar-refractivity contribution is 6.29. The summed E-state index contributed by atoms with van der Waals surface area (Å²) in [6.45, 7) is 3.39. The molecule has 1 N–H and O–H groups in total. The Balaban J connectivity index is 1.73. The molecule has 0 spiro atoms. The van der Waals surface area contributed by atoms with E-state index in [-0.39, 0.29) is 0 Å². The first kappa shape index (κ1) is 11.8. The second-order valence-electron chi connectivity index (χ2n) is 4.02. The van der Waals surface area contributed by atoms with Crippen LogP contribution >= 0.6 is 11.6 Å². The Labute approximate surface area is 100 Å². The van der Waals surface area contributed by atoms with Crippen LogP contribution in [-0.4, -0.2) is 29.7 Å². The lowest BCUT2D eigenvalue weighted by molar-refractivity contribution is 0.0762. The van der Waals surface area contributed by atoms with Crippen molar-refractivity contribution in [1.29, 1.82) is 0 Å². The van der Waals surface area contributed by atoms with E-state index in [2.05, 4.69) is 15.3 Å². The topological polar surface area (TPSA) is 47.0 Å². The van der Waals surface area contributed by atoms with Gasteiger partial charge in [-0.05, 0) is 25.3 Å². The lowest BCUT2D eigenvalue weighted by atomic mass is 10.0. The van der Waals surface area contributed by atoms with Gasteiger partial charge in [0.05, 0.1) is 13.2 Å². The van der Waals surface area contributed by atoms with Crippen LogP contribution < -0.4 is 5.32 Å². The number of nitrogens with one attached hydrogen (secondary N) is 1. The van der Waals surface area contributed by atoms with Crippen LogP contribution in [0.3, 0.4) is 0 Å². The Morgan fingerprint density at radius 3 is 3.06 bits per heavy atom. The molecule has 88 valence electrons. The van der Waals surface area contributed by atoms with Gasteiger partial charge in [-0.2, -0.15) is 0 Å². The summed E-state index contributed by atoms with van der Waals surface area (Å²) < 4.78 is 5.61. The molecule has 0 radical (unpaired) electrons. The molecule has 0 aliphatic carbocycles. The quantitative estimate of drug-likeness (QED) is 0.871. The van der Waals surface area contributed by atoms with Crippen molar-refractivity contribution in [3.05, 3.63) is 23.2 Å². The van der Waals surface area contributed by atoms with Gasteiger partial charge in [-0.25, -0.2) is 4.98 Å². The highest BCUT2D eigenvalue weighted by Gasteiger charge is 2.13. The Morgan fingerprint density at radius 1 is 1.44 bits per heavy atom. The molecule has 1 saturated heterocycles. The molecule has 1 aliphatic rings. The van der Waals surface area contributed by atoms with Crippen LogP contribution in [-0.2, 0) is 11.3 Å². The zero-order valence-corrected chi connectivity index (χ0v) is 9.91. The Hall–Kier alpha value is -0.710. The highest BCUT2D eigenvalue weighted by Crippen LogP contribution is 2.13. The van der Waals surface area contributed by atoms with Crippen LogP contribution in [0.2, 0.25) is 5.15 Å². The van der Waals surface area contributed by atoms with E-state index in [1.165, 1.54) is 12.8 Å². The minimum Gasteiger partial charge on any atom is -0.375 e. The van der Waals surface area contributed by atoms with E-state index in [9.17, 15) is 0 Å². The summed E-state index contributed by atoms with van der Waals surface area (Å²) in [4.78, 5) is 8.08. The van der Waals surface area contributed by atoms with Crippen molar-refractivity contribution in [1.82, 2.24) is 15.3 Å². The van der Waals surface area contributed by atoms with Crippen LogP contribution in [0.5, 0.6) is 0 Å². The fourth-order valence-electron chi connectivity index (χ4n) is 1.84. The maximum atomic E-state index is 5.88. The van der Waals surface area contributed by atoms with Crippen molar-refractivity contribution in [2.45, 2.75) is 19.4 Å². The van der Waals surface area contributed by atoms with Gasteiger partial charge in [-0.15, -0.1) is 0 Å². The maximum Gasteiger partial charge on any atom is 0.152 e. The van der Waals surface area contributed by atoms with Crippen LogP contribution in [0.15, 0.2) is 12.4 Å². The number of hydrogen-bond donors (Lipinski definition) is 1. The standard InChI is InChI=1S/C11H16ClN3O/c12-11-10(14-4-5-15-11)8-16-7-9-2-1-3-13-6-9/h4-5,9,13H,1-3,6-8H2/t9-/m0/s1. The van der Waals surface area contributed by atoms with E-state index in [0.29, 0.717) is 23.4 Å². The van der Waals surface area contributed by atoms with Gasteiger partial charge in [0, 0.05) is 18.9 Å². The summed E-state index contributed by atoms with van der Waals surface area (Å²) in [5.41, 5.74) is 0.716. The van der Waals surface area contributed by atoms with Crippen molar-refractivity contribution in [2.75, 3.05) is 19.7 Å². The maximum absolute atomic E-state index is 5.88. The summed E-state index contributed by atoms with van der Waals surface area (Å²) in [6, 6.07) is 0. The van der Waals surface area contributed by atoms with Gasteiger partial charge in [0.2, 0.25) is 0 Å². The number of rotatable bonds is 4. The van der Waals surface area contributed by atoms with E-state index in [1.54, 1.807) is 12.4 Å². The van der Waals surface area contributed by atoms with E-state index in [1.807, 2.05) is 0 Å². The van der Waals surface area contributed by atoms with E-state index < -0.39 is 0 Å². The first-order chi connectivity index (χ1) is 7.86. The lowest BCUT2D eigenvalue weighted by Gasteiger charge is -2.22. The SMILES string of the molecule is Clc1nccnc1COC[C@H]1CCCNC1. The third-order valence-electron chi connectivity index (χ3n) is 2.71. The third-order valence-corrected chi connectivity index (χ3v) is 3.03. The van der Waals surface area contributed by atoms with Gasteiger partial charge < -0.3 is 10.1 Å². The molecule has 1 aromatic rings. The van der Waals surface area contributed by atoms with Gasteiger partial charge in [0.1, 0.15) is 5.69 Å². The minimum absolute atomic E-state index is 0.435. The molecule has 1 fully saturated rings. The molecule has 16 heavy (non-hydrogen) atoms. The fraction of sp³-hybridized carbons (Fsp3) is 0.636. The molecule has 0 amide bonds. The molecule has 0 unspecified atom stereocenters. The Kier molecular flexibility index (Phi) is 4.51. The zero-order valence-electron chi connectivity index (χ0n) is 9.16. The van der Waals surface area contributed by atoms with Crippen LogP contribution in [0.1, 0.15) is 18.5 Å². The Bertz CT molecular complexity index is 329. The number of aromatic nitrogens is 2. The lowest BCUT2D eigenvalue weighted by Crippen LogP contribution is -2.32. The van der Waals surface area contributed by atoms with Crippen molar-refractivity contribution < 1.29 is 4.74 Å². The summed E-state index contributed by atoms with van der Waals surface area (Å²) >= 11 is 5.88. The highest BCUT2D eigenvalue weighted by atomic mass is 35.5. The molecule has 0 bridgehead atoms. The monoisotopic (exact) mass is 241 g/mol. The number of halogens is 1. The number of piperidine rings is 1. The van der Waals surface area contributed by atoms with Crippen molar-refractivity contribution in [3.8, 4) is 0 Å². The van der Waals surface area contributed by atoms with Crippen molar-refractivity contribution >= 4 is 11.6 Å². The first-order valence-corrected chi connectivity index (χ1v) is 5.98. The molecule has 1 aliphatic heterocycles. The zero-order chi connectivity index (χ0) is 11.2. The van der Waals surface area contributed by atoms with Crippen LogP contribution in [0.25, 0.3) is 0 Å². The summed E-state index contributed by atoms with van der Waals surface area (Å²) in [5.74, 6) is 0.615. The predicted octanol–water partition coefficient (Wildman–Crippen LogP) is 1.65. The van der Waals surface area contributed by atoms with Gasteiger partial charge in [0.15, 0.2) is 5.15 Å². The van der Waals surface area contributed by atoms with Crippen molar-refractivity contribution in [2.24, 2.45) is 5.92 Å². The summed E-state index contributed by atoms with van der Waals surface area (Å²) in [5, 5.41) is 3.80.